The van der Waals surface area contributed by atoms with E-state index in [1.165, 1.54) is 21.6 Å². The fourth-order valence-corrected chi connectivity index (χ4v) is 8.25. The smallest absolute Gasteiger partial charge is 0.325 e. The Hall–Kier alpha value is -3.87. The first-order chi connectivity index (χ1) is 20.4. The molecule has 2 unspecified atom stereocenters. The van der Waals surface area contributed by atoms with Crippen LogP contribution in [0.5, 0.6) is 0 Å². The SMILES string of the molecule is Cc1ccc(N2C(=O)C3Sc4c(sc(=O)n4CC(=O)Nc4cccc(C(F)(F)F)c4)[C@@H](c4ccc(Cl)cc4)C3C2=O)cc1. The molecule has 1 saturated heterocycles. The Balaban J connectivity index is 1.37. The number of thiazole rings is 1. The van der Waals surface area contributed by atoms with Gasteiger partial charge in [0.15, 0.2) is 0 Å². The van der Waals surface area contributed by atoms with Crippen LogP contribution >= 0.6 is 34.7 Å². The lowest BCUT2D eigenvalue weighted by Crippen LogP contribution is -2.33. The number of hydrogen-bond donors (Lipinski definition) is 1. The number of anilines is 2. The molecule has 3 atom stereocenters. The number of carbonyl (C=O) groups excluding carboxylic acids is 3. The summed E-state index contributed by atoms with van der Waals surface area (Å²) in [4.78, 5) is 55.1. The summed E-state index contributed by atoms with van der Waals surface area (Å²) in [6.45, 7) is 1.40. The van der Waals surface area contributed by atoms with E-state index in [9.17, 15) is 32.3 Å². The van der Waals surface area contributed by atoms with Crippen molar-refractivity contribution >= 4 is 63.8 Å². The quantitative estimate of drug-likeness (QED) is 0.257. The van der Waals surface area contributed by atoms with E-state index < -0.39 is 58.0 Å². The fourth-order valence-electron chi connectivity index (χ4n) is 5.35. The van der Waals surface area contributed by atoms with Crippen molar-refractivity contribution in [3.8, 4) is 0 Å². The number of carbonyl (C=O) groups is 3. The van der Waals surface area contributed by atoms with Gasteiger partial charge in [0, 0.05) is 21.5 Å². The van der Waals surface area contributed by atoms with Crippen molar-refractivity contribution in [2.24, 2.45) is 5.92 Å². The first-order valence-corrected chi connectivity index (χ1v) is 15.1. The zero-order valence-electron chi connectivity index (χ0n) is 22.2. The maximum atomic E-state index is 13.9. The second-order valence-electron chi connectivity index (χ2n) is 10.2. The maximum Gasteiger partial charge on any atom is 0.416 e. The van der Waals surface area contributed by atoms with Gasteiger partial charge in [0.05, 0.1) is 22.2 Å². The summed E-state index contributed by atoms with van der Waals surface area (Å²) in [5.74, 6) is -3.05. The predicted molar refractivity (Wildman–Crippen MR) is 159 cm³/mol. The van der Waals surface area contributed by atoms with Gasteiger partial charge in [-0.05, 0) is 55.0 Å². The Morgan fingerprint density at radius 3 is 2.35 bits per heavy atom. The first kappa shape index (κ1) is 29.2. The number of aryl methyl sites for hydroxylation is 1. The minimum absolute atomic E-state index is 0.0750. The van der Waals surface area contributed by atoms with Crippen LogP contribution in [0.3, 0.4) is 0 Å². The van der Waals surface area contributed by atoms with Crippen LogP contribution in [0.2, 0.25) is 5.02 Å². The average Bonchev–Trinajstić information content (AvgIpc) is 3.40. The van der Waals surface area contributed by atoms with Crippen LogP contribution < -0.4 is 15.1 Å². The number of halogens is 4. The number of imide groups is 1. The Morgan fingerprint density at radius 1 is 0.977 bits per heavy atom. The number of rotatable bonds is 5. The van der Waals surface area contributed by atoms with Crippen molar-refractivity contribution in [1.29, 1.82) is 0 Å². The molecule has 3 aromatic carbocycles. The summed E-state index contributed by atoms with van der Waals surface area (Å²) >= 11 is 8.05. The van der Waals surface area contributed by atoms with Crippen LogP contribution in [0.1, 0.15) is 27.5 Å². The van der Waals surface area contributed by atoms with E-state index in [0.29, 0.717) is 26.2 Å². The Kier molecular flexibility index (Phi) is 7.47. The summed E-state index contributed by atoms with van der Waals surface area (Å²) in [5, 5.41) is 2.38. The monoisotopic (exact) mass is 643 g/mol. The molecule has 2 aliphatic rings. The van der Waals surface area contributed by atoms with Gasteiger partial charge in [0.2, 0.25) is 17.7 Å². The van der Waals surface area contributed by atoms with E-state index in [-0.39, 0.29) is 5.69 Å². The zero-order chi connectivity index (χ0) is 30.6. The van der Waals surface area contributed by atoms with Crippen molar-refractivity contribution < 1.29 is 27.6 Å². The van der Waals surface area contributed by atoms with Crippen LogP contribution in [-0.2, 0) is 27.1 Å². The van der Waals surface area contributed by atoms with Gasteiger partial charge in [-0.25, -0.2) is 4.90 Å². The van der Waals surface area contributed by atoms with Gasteiger partial charge >= 0.3 is 11.0 Å². The highest BCUT2D eigenvalue weighted by atomic mass is 35.5. The number of benzene rings is 3. The third kappa shape index (κ3) is 5.39. The van der Waals surface area contributed by atoms with Gasteiger partial charge in [-0.1, -0.05) is 70.6 Å². The number of alkyl halides is 3. The minimum atomic E-state index is -4.59. The topological polar surface area (TPSA) is 88.5 Å². The van der Waals surface area contributed by atoms with E-state index in [1.54, 1.807) is 48.5 Å². The average molecular weight is 644 g/mol. The van der Waals surface area contributed by atoms with Gasteiger partial charge in [0.1, 0.15) is 11.8 Å². The molecule has 3 heterocycles. The van der Waals surface area contributed by atoms with Crippen LogP contribution in [0, 0.1) is 12.8 Å². The standard InChI is InChI=1S/C30H21ClF3N3O4S2/c1-15-5-11-20(12-6-15)37-26(39)23-22(16-7-9-18(31)10-8-16)25-28(42-24(23)27(37)40)36(29(41)43-25)14-21(38)35-19-4-2-3-17(13-19)30(32,33)34/h2-13,22-24H,14H2,1H3,(H,35,38)/t22-,23?,24?/m0/s1. The van der Waals surface area contributed by atoms with E-state index in [2.05, 4.69) is 5.32 Å². The van der Waals surface area contributed by atoms with Gasteiger partial charge in [-0.15, -0.1) is 0 Å². The van der Waals surface area contributed by atoms with Crippen molar-refractivity contribution in [2.45, 2.75) is 35.8 Å². The molecule has 0 spiro atoms. The van der Waals surface area contributed by atoms with Gasteiger partial charge in [-0.3, -0.25) is 23.7 Å². The second-order valence-corrected chi connectivity index (χ2v) is 12.8. The Bertz CT molecular complexity index is 1820. The molecule has 1 aromatic heterocycles. The molecule has 43 heavy (non-hydrogen) atoms. The number of thioether (sulfide) groups is 1. The molecule has 0 saturated carbocycles. The maximum absolute atomic E-state index is 13.9. The summed E-state index contributed by atoms with van der Waals surface area (Å²) in [5.41, 5.74) is 1.07. The minimum Gasteiger partial charge on any atom is -0.325 e. The van der Waals surface area contributed by atoms with E-state index in [1.807, 2.05) is 6.92 Å². The van der Waals surface area contributed by atoms with Crippen LogP contribution in [0.4, 0.5) is 24.5 Å². The fraction of sp³-hybridized carbons (Fsp3) is 0.200. The second kappa shape index (κ2) is 11.0. The number of nitrogens with zero attached hydrogens (tertiary/aromatic N) is 2. The summed E-state index contributed by atoms with van der Waals surface area (Å²) < 4.78 is 40.7. The van der Waals surface area contributed by atoms with E-state index >= 15 is 0 Å². The van der Waals surface area contributed by atoms with Crippen molar-refractivity contribution in [3.05, 3.63) is 109 Å². The molecule has 7 nitrogen and oxygen atoms in total. The van der Waals surface area contributed by atoms with E-state index in [0.717, 1.165) is 40.8 Å². The Morgan fingerprint density at radius 2 is 1.67 bits per heavy atom. The molecule has 13 heteroatoms. The molecule has 1 fully saturated rings. The molecule has 0 aliphatic carbocycles. The van der Waals surface area contributed by atoms with Gasteiger partial charge in [0.25, 0.3) is 0 Å². The van der Waals surface area contributed by atoms with Crippen molar-refractivity contribution in [3.63, 3.8) is 0 Å². The molecule has 2 aliphatic heterocycles. The summed E-state index contributed by atoms with van der Waals surface area (Å²) in [7, 11) is 0. The van der Waals surface area contributed by atoms with Crippen LogP contribution in [0.15, 0.2) is 82.6 Å². The lowest BCUT2D eigenvalue weighted by atomic mass is 9.83. The summed E-state index contributed by atoms with van der Waals surface area (Å²) in [6.07, 6.45) is -4.59. The molecule has 3 amide bonds. The van der Waals surface area contributed by atoms with Crippen LogP contribution in [0.25, 0.3) is 0 Å². The molecule has 4 aromatic rings. The molecule has 1 N–H and O–H groups in total. The lowest BCUT2D eigenvalue weighted by Gasteiger charge is -2.30. The molecule has 0 bridgehead atoms. The number of aromatic nitrogens is 1. The molecule has 6 rings (SSSR count). The highest BCUT2D eigenvalue weighted by Gasteiger charge is 2.56. The third-order valence-electron chi connectivity index (χ3n) is 7.35. The highest BCUT2D eigenvalue weighted by Crippen LogP contribution is 2.54. The molecular formula is C30H21ClF3N3O4S2. The number of fused-ring (bicyclic) bond motifs is 2. The van der Waals surface area contributed by atoms with Gasteiger partial charge < -0.3 is 5.32 Å². The normalized spacial score (nSPS) is 19.7. The van der Waals surface area contributed by atoms with Gasteiger partial charge in [-0.2, -0.15) is 13.2 Å². The third-order valence-corrected chi connectivity index (χ3v) is 10.2. The van der Waals surface area contributed by atoms with Crippen molar-refractivity contribution in [2.75, 3.05) is 10.2 Å². The highest BCUT2D eigenvalue weighted by molar-refractivity contribution is 8.00. The largest absolute Gasteiger partial charge is 0.416 e. The first-order valence-electron chi connectivity index (χ1n) is 13.0. The molecule has 0 radical (unpaired) electrons. The molecule has 220 valence electrons. The number of amides is 3. The van der Waals surface area contributed by atoms with Crippen molar-refractivity contribution in [1.82, 2.24) is 4.57 Å². The number of hydrogen-bond acceptors (Lipinski definition) is 6. The molecular weight excluding hydrogens is 623 g/mol. The van der Waals surface area contributed by atoms with Crippen LogP contribution in [-0.4, -0.2) is 27.5 Å². The lowest BCUT2D eigenvalue weighted by molar-refractivity contribution is -0.137. The number of nitrogens with one attached hydrogen (secondary N) is 1. The predicted octanol–water partition coefficient (Wildman–Crippen LogP) is 6.32. The Labute approximate surface area is 256 Å². The zero-order valence-corrected chi connectivity index (χ0v) is 24.6. The summed E-state index contributed by atoms with van der Waals surface area (Å²) in [6, 6.07) is 18.0. The van der Waals surface area contributed by atoms with E-state index in [4.69, 9.17) is 11.6 Å².